The number of rotatable bonds is 1. The van der Waals surface area contributed by atoms with Crippen LogP contribution < -0.4 is 10.6 Å². The van der Waals surface area contributed by atoms with Crippen molar-refractivity contribution in [3.05, 3.63) is 28.2 Å². The molecule has 1 aliphatic rings. The summed E-state index contributed by atoms with van der Waals surface area (Å²) >= 11 is 3.00. The van der Waals surface area contributed by atoms with Crippen molar-refractivity contribution in [3.8, 4) is 0 Å². The first kappa shape index (κ1) is 11.5. The van der Waals surface area contributed by atoms with Gasteiger partial charge in [0.15, 0.2) is 0 Å². The molecule has 6 heteroatoms. The predicted molar refractivity (Wildman–Crippen MR) is 59.0 cm³/mol. The van der Waals surface area contributed by atoms with Crippen LogP contribution in [0.15, 0.2) is 16.6 Å². The molecule has 0 radical (unpaired) electrons. The largest absolute Gasteiger partial charge is 0.326 e. The van der Waals surface area contributed by atoms with Crippen LogP contribution in [0.2, 0.25) is 0 Å². The highest BCUT2D eigenvalue weighted by molar-refractivity contribution is 9.10. The molecule has 1 atom stereocenters. The van der Waals surface area contributed by atoms with E-state index in [0.717, 1.165) is 12.1 Å². The van der Waals surface area contributed by atoms with Crippen molar-refractivity contribution in [2.45, 2.75) is 12.5 Å². The lowest BCUT2D eigenvalue weighted by atomic mass is 10.2. The van der Waals surface area contributed by atoms with Gasteiger partial charge in [-0.2, -0.15) is 0 Å². The molecule has 86 valence electrons. The summed E-state index contributed by atoms with van der Waals surface area (Å²) in [7, 11) is 0. The van der Waals surface area contributed by atoms with Crippen LogP contribution >= 0.6 is 15.9 Å². The average Bonchev–Trinajstić information content (AvgIpc) is 2.51. The van der Waals surface area contributed by atoms with Crippen molar-refractivity contribution in [3.63, 3.8) is 0 Å². The van der Waals surface area contributed by atoms with Crippen molar-refractivity contribution < 1.29 is 13.6 Å². The number of halogens is 3. The minimum Gasteiger partial charge on any atom is -0.326 e. The molecule has 2 N–H and O–H groups in total. The van der Waals surface area contributed by atoms with Crippen LogP contribution in [0.3, 0.4) is 0 Å². The van der Waals surface area contributed by atoms with Gasteiger partial charge in [-0.3, -0.25) is 4.79 Å². The minimum atomic E-state index is -0.733. The van der Waals surface area contributed by atoms with Crippen molar-refractivity contribution in [1.29, 1.82) is 0 Å². The Bertz CT molecular complexity index is 453. The van der Waals surface area contributed by atoms with Crippen LogP contribution in [0.25, 0.3) is 0 Å². The summed E-state index contributed by atoms with van der Waals surface area (Å²) in [5.74, 6) is -1.68. The van der Waals surface area contributed by atoms with Crippen LogP contribution in [0.5, 0.6) is 0 Å². The zero-order valence-corrected chi connectivity index (χ0v) is 9.80. The molecule has 1 unspecified atom stereocenters. The van der Waals surface area contributed by atoms with Crippen LogP contribution in [-0.4, -0.2) is 18.5 Å². The number of amides is 1. The van der Waals surface area contributed by atoms with Crippen LogP contribution in [0.4, 0.5) is 14.5 Å². The summed E-state index contributed by atoms with van der Waals surface area (Å²) in [5.41, 5.74) is 5.80. The molecule has 2 rings (SSSR count). The van der Waals surface area contributed by atoms with Gasteiger partial charge in [-0.25, -0.2) is 8.78 Å². The molecule has 0 spiro atoms. The molecule has 1 aromatic rings. The van der Waals surface area contributed by atoms with Gasteiger partial charge in [0.1, 0.15) is 11.6 Å². The van der Waals surface area contributed by atoms with E-state index in [1.54, 1.807) is 0 Å². The van der Waals surface area contributed by atoms with Crippen molar-refractivity contribution in [2.24, 2.45) is 5.73 Å². The highest BCUT2D eigenvalue weighted by Crippen LogP contribution is 2.32. The van der Waals surface area contributed by atoms with Crippen LogP contribution in [0.1, 0.15) is 6.42 Å². The summed E-state index contributed by atoms with van der Waals surface area (Å²) in [6.07, 6.45) is 0.199. The molecule has 16 heavy (non-hydrogen) atoms. The second-order valence-corrected chi connectivity index (χ2v) is 4.48. The number of benzene rings is 1. The molecule has 0 bridgehead atoms. The van der Waals surface area contributed by atoms with Crippen LogP contribution in [0, 0.1) is 11.6 Å². The van der Waals surface area contributed by atoms with Gasteiger partial charge in [0.05, 0.1) is 10.2 Å². The smallest absolute Gasteiger partial charge is 0.228 e. The Morgan fingerprint density at radius 2 is 2.12 bits per heavy atom. The molecule has 1 fully saturated rings. The summed E-state index contributed by atoms with van der Waals surface area (Å²) < 4.78 is 26.4. The van der Waals surface area contributed by atoms with Gasteiger partial charge in [0, 0.05) is 25.1 Å². The molecular weight excluding hydrogens is 282 g/mol. The van der Waals surface area contributed by atoms with E-state index in [1.165, 1.54) is 4.90 Å². The maximum atomic E-state index is 13.3. The minimum absolute atomic E-state index is 0.0800. The SMILES string of the molecule is NC1CC(=O)N(c2cc(F)cc(F)c2Br)C1. The number of carbonyl (C=O) groups is 1. The fraction of sp³-hybridized carbons (Fsp3) is 0.300. The van der Waals surface area contributed by atoms with Crippen molar-refractivity contribution in [2.75, 3.05) is 11.4 Å². The summed E-state index contributed by atoms with van der Waals surface area (Å²) in [4.78, 5) is 12.8. The molecule has 0 aliphatic carbocycles. The zero-order chi connectivity index (χ0) is 11.9. The topological polar surface area (TPSA) is 46.3 Å². The summed E-state index contributed by atoms with van der Waals surface area (Å²) in [5, 5.41) is 0. The molecule has 1 heterocycles. The van der Waals surface area contributed by atoms with E-state index in [4.69, 9.17) is 5.73 Å². The normalized spacial score (nSPS) is 20.6. The van der Waals surface area contributed by atoms with Gasteiger partial charge in [-0.15, -0.1) is 0 Å². The second-order valence-electron chi connectivity index (χ2n) is 3.69. The first-order valence-electron chi connectivity index (χ1n) is 4.69. The van der Waals surface area contributed by atoms with Crippen molar-refractivity contribution >= 4 is 27.5 Å². The first-order chi connectivity index (χ1) is 7.49. The van der Waals surface area contributed by atoms with E-state index >= 15 is 0 Å². The third-order valence-electron chi connectivity index (χ3n) is 2.42. The summed E-state index contributed by atoms with van der Waals surface area (Å²) in [6.45, 7) is 0.278. The Hall–Kier alpha value is -1.01. The van der Waals surface area contributed by atoms with E-state index in [2.05, 4.69) is 15.9 Å². The van der Waals surface area contributed by atoms with E-state index in [0.29, 0.717) is 0 Å². The van der Waals surface area contributed by atoms with Crippen LogP contribution in [-0.2, 0) is 4.79 Å². The van der Waals surface area contributed by atoms with Gasteiger partial charge < -0.3 is 10.6 Å². The molecule has 1 saturated heterocycles. The lowest BCUT2D eigenvalue weighted by molar-refractivity contribution is -0.117. The third kappa shape index (κ3) is 1.94. The number of nitrogens with two attached hydrogens (primary N) is 1. The van der Waals surface area contributed by atoms with Gasteiger partial charge in [-0.1, -0.05) is 0 Å². The third-order valence-corrected chi connectivity index (χ3v) is 3.20. The van der Waals surface area contributed by atoms with Crippen molar-refractivity contribution in [1.82, 2.24) is 0 Å². The molecule has 0 aromatic heterocycles. The number of hydrogen-bond acceptors (Lipinski definition) is 2. The van der Waals surface area contributed by atoms with Gasteiger partial charge >= 0.3 is 0 Å². The molecule has 3 nitrogen and oxygen atoms in total. The molecule has 0 saturated carbocycles. The number of anilines is 1. The maximum Gasteiger partial charge on any atom is 0.228 e. The quantitative estimate of drug-likeness (QED) is 0.802. The monoisotopic (exact) mass is 290 g/mol. The van der Waals surface area contributed by atoms with E-state index in [1.807, 2.05) is 0 Å². The average molecular weight is 291 g/mol. The highest BCUT2D eigenvalue weighted by atomic mass is 79.9. The van der Waals surface area contributed by atoms with Gasteiger partial charge in [0.25, 0.3) is 0 Å². The standard InChI is InChI=1S/C10H9BrF2N2O/c11-10-7(13)1-5(12)2-8(10)15-4-6(14)3-9(15)16/h1-2,6H,3-4,14H2. The van der Waals surface area contributed by atoms with E-state index in [-0.39, 0.29) is 35.1 Å². The van der Waals surface area contributed by atoms with E-state index < -0.39 is 11.6 Å². The Labute approximate surface area is 99.3 Å². The lowest BCUT2D eigenvalue weighted by Gasteiger charge is -2.18. The predicted octanol–water partition coefficient (Wildman–Crippen LogP) is 1.79. The highest BCUT2D eigenvalue weighted by Gasteiger charge is 2.30. The lowest BCUT2D eigenvalue weighted by Crippen LogP contribution is -2.28. The summed E-state index contributed by atoms with van der Waals surface area (Å²) in [6, 6.07) is 1.59. The maximum absolute atomic E-state index is 13.3. The number of carbonyl (C=O) groups excluding carboxylic acids is 1. The fourth-order valence-corrected chi connectivity index (χ4v) is 2.15. The Morgan fingerprint density at radius 3 is 2.69 bits per heavy atom. The molecule has 1 amide bonds. The fourth-order valence-electron chi connectivity index (χ4n) is 1.71. The Kier molecular flexibility index (Phi) is 2.94. The zero-order valence-electron chi connectivity index (χ0n) is 8.21. The molecular formula is C10H9BrF2N2O. The van der Waals surface area contributed by atoms with Gasteiger partial charge in [0.2, 0.25) is 5.91 Å². The first-order valence-corrected chi connectivity index (χ1v) is 5.49. The number of hydrogen-bond donors (Lipinski definition) is 1. The van der Waals surface area contributed by atoms with E-state index in [9.17, 15) is 13.6 Å². The number of nitrogens with zero attached hydrogens (tertiary/aromatic N) is 1. The molecule has 1 aromatic carbocycles. The second kappa shape index (κ2) is 4.10. The Morgan fingerprint density at radius 1 is 1.44 bits per heavy atom. The van der Waals surface area contributed by atoms with Gasteiger partial charge in [-0.05, 0) is 22.0 Å². The molecule has 1 aliphatic heterocycles. The Balaban J connectivity index is 2.44.